The first kappa shape index (κ1) is 18.9. The Bertz CT molecular complexity index is 587. The highest BCUT2D eigenvalue weighted by Crippen LogP contribution is 2.34. The van der Waals surface area contributed by atoms with Gasteiger partial charge in [0.2, 0.25) is 0 Å². The molecule has 0 bridgehead atoms. The molecule has 3 aliphatic heterocycles. The van der Waals surface area contributed by atoms with Gasteiger partial charge in [0.15, 0.2) is 21.6 Å². The Morgan fingerprint density at radius 3 is 2.72 bits per heavy atom. The van der Waals surface area contributed by atoms with E-state index < -0.39 is 15.6 Å². The highest BCUT2D eigenvalue weighted by molar-refractivity contribution is 7.91. The zero-order valence-electron chi connectivity index (χ0n) is 15.4. The first-order valence-electron chi connectivity index (χ1n) is 9.43. The van der Waals surface area contributed by atoms with Gasteiger partial charge in [-0.3, -0.25) is 4.99 Å². The summed E-state index contributed by atoms with van der Waals surface area (Å²) < 4.78 is 35.0. The molecular weight excluding hydrogens is 342 g/mol. The fourth-order valence-corrected chi connectivity index (χ4v) is 5.87. The fourth-order valence-electron chi connectivity index (χ4n) is 4.02. The number of nitrogens with one attached hydrogen (secondary N) is 1. The third-order valence-electron chi connectivity index (χ3n) is 5.48. The van der Waals surface area contributed by atoms with Crippen LogP contribution in [0.1, 0.15) is 33.1 Å². The first-order chi connectivity index (χ1) is 11.9. The van der Waals surface area contributed by atoms with Gasteiger partial charge in [0.25, 0.3) is 0 Å². The molecule has 3 fully saturated rings. The number of rotatable bonds is 4. The molecule has 0 saturated carbocycles. The zero-order chi connectivity index (χ0) is 17.9. The van der Waals surface area contributed by atoms with Crippen molar-refractivity contribution in [3.63, 3.8) is 0 Å². The number of nitrogens with zero attached hydrogens (tertiary/aromatic N) is 2. The number of hydrogen-bond donors (Lipinski definition) is 1. The number of aliphatic imine (C=N–C) groups is 1. The van der Waals surface area contributed by atoms with Crippen LogP contribution in [-0.4, -0.2) is 76.0 Å². The molecule has 0 amide bonds. The van der Waals surface area contributed by atoms with Crippen molar-refractivity contribution in [1.29, 1.82) is 0 Å². The van der Waals surface area contributed by atoms with Crippen LogP contribution in [-0.2, 0) is 19.3 Å². The van der Waals surface area contributed by atoms with E-state index in [1.807, 2.05) is 6.92 Å². The van der Waals surface area contributed by atoms with Crippen molar-refractivity contribution in [2.24, 2.45) is 16.8 Å². The molecule has 0 aromatic rings. The highest BCUT2D eigenvalue weighted by atomic mass is 32.2. The van der Waals surface area contributed by atoms with Gasteiger partial charge in [0, 0.05) is 32.1 Å². The van der Waals surface area contributed by atoms with Crippen molar-refractivity contribution in [3.8, 4) is 0 Å². The summed E-state index contributed by atoms with van der Waals surface area (Å²) in [6.07, 6.45) is 2.90. The van der Waals surface area contributed by atoms with Crippen molar-refractivity contribution in [2.75, 3.05) is 50.9 Å². The van der Waals surface area contributed by atoms with Gasteiger partial charge in [-0.15, -0.1) is 0 Å². The normalized spacial score (nSPS) is 32.1. The van der Waals surface area contributed by atoms with Gasteiger partial charge < -0.3 is 19.7 Å². The van der Waals surface area contributed by atoms with Crippen LogP contribution >= 0.6 is 0 Å². The van der Waals surface area contributed by atoms with E-state index in [0.29, 0.717) is 31.4 Å². The topological polar surface area (TPSA) is 80.2 Å². The minimum absolute atomic E-state index is 0.151. The summed E-state index contributed by atoms with van der Waals surface area (Å²) in [6.45, 7) is 8.62. The highest BCUT2D eigenvalue weighted by Gasteiger charge is 2.42. The van der Waals surface area contributed by atoms with Crippen LogP contribution in [0.3, 0.4) is 0 Å². The average molecular weight is 374 g/mol. The van der Waals surface area contributed by atoms with E-state index in [1.54, 1.807) is 0 Å². The maximum Gasteiger partial charge on any atom is 0.193 e. The van der Waals surface area contributed by atoms with E-state index in [-0.39, 0.29) is 11.7 Å². The number of sulfone groups is 1. The van der Waals surface area contributed by atoms with E-state index in [0.717, 1.165) is 44.9 Å². The number of hydrogen-bond acceptors (Lipinski definition) is 5. The van der Waals surface area contributed by atoms with E-state index in [4.69, 9.17) is 14.5 Å². The summed E-state index contributed by atoms with van der Waals surface area (Å²) in [5.41, 5.74) is 0. The smallest absolute Gasteiger partial charge is 0.193 e. The Morgan fingerprint density at radius 1 is 1.32 bits per heavy atom. The Hall–Kier alpha value is -0.860. The maximum atomic E-state index is 11.6. The van der Waals surface area contributed by atoms with Gasteiger partial charge in [0.1, 0.15) is 0 Å². The summed E-state index contributed by atoms with van der Waals surface area (Å²) in [5.74, 6) is 1.45. The van der Waals surface area contributed by atoms with Crippen molar-refractivity contribution in [2.45, 2.75) is 38.9 Å². The standard InChI is InChI=1S/C17H31N3O4S/c1-3-18-16(19-11-14-6-10-25(21,22)13-14)20-7-4-5-15(12-20)17(2)23-8-9-24-17/h14-15H,3-13H2,1-2H3,(H,18,19). The van der Waals surface area contributed by atoms with E-state index >= 15 is 0 Å². The second-order valence-electron chi connectivity index (χ2n) is 7.46. The lowest BCUT2D eigenvalue weighted by Crippen LogP contribution is -2.52. The third kappa shape index (κ3) is 4.65. The first-order valence-corrected chi connectivity index (χ1v) is 11.3. The molecule has 0 aliphatic carbocycles. The SMILES string of the molecule is CCNC(=NCC1CCS(=O)(=O)C1)N1CCCC(C2(C)OCCO2)C1. The average Bonchev–Trinajstić information content (AvgIpc) is 3.18. The van der Waals surface area contributed by atoms with Crippen LogP contribution in [0, 0.1) is 11.8 Å². The van der Waals surface area contributed by atoms with Crippen LogP contribution in [0.2, 0.25) is 0 Å². The number of piperidine rings is 1. The number of ether oxygens (including phenoxy) is 2. The molecule has 7 nitrogen and oxygen atoms in total. The molecule has 0 spiro atoms. The lowest BCUT2D eigenvalue weighted by atomic mass is 9.90. The van der Waals surface area contributed by atoms with Crippen LogP contribution in [0.15, 0.2) is 4.99 Å². The van der Waals surface area contributed by atoms with Crippen LogP contribution < -0.4 is 5.32 Å². The molecule has 144 valence electrons. The van der Waals surface area contributed by atoms with Crippen molar-refractivity contribution in [1.82, 2.24) is 10.2 Å². The van der Waals surface area contributed by atoms with Gasteiger partial charge >= 0.3 is 0 Å². The zero-order valence-corrected chi connectivity index (χ0v) is 16.2. The predicted octanol–water partition coefficient (Wildman–Crippen LogP) is 0.862. The monoisotopic (exact) mass is 373 g/mol. The molecule has 3 saturated heterocycles. The second-order valence-corrected chi connectivity index (χ2v) is 9.69. The molecule has 2 unspecified atom stereocenters. The molecule has 0 aromatic carbocycles. The second kappa shape index (κ2) is 7.80. The summed E-state index contributed by atoms with van der Waals surface area (Å²) >= 11 is 0. The fraction of sp³-hybridized carbons (Fsp3) is 0.941. The van der Waals surface area contributed by atoms with Crippen molar-refractivity contribution >= 4 is 15.8 Å². The maximum absolute atomic E-state index is 11.6. The Kier molecular flexibility index (Phi) is 5.90. The molecule has 2 atom stereocenters. The van der Waals surface area contributed by atoms with Gasteiger partial charge in [-0.2, -0.15) is 0 Å². The van der Waals surface area contributed by atoms with E-state index in [1.165, 1.54) is 0 Å². The molecule has 1 N–H and O–H groups in total. The molecule has 0 radical (unpaired) electrons. The summed E-state index contributed by atoms with van der Waals surface area (Å²) in [5, 5.41) is 3.37. The van der Waals surface area contributed by atoms with Gasteiger partial charge in [0.05, 0.1) is 24.7 Å². The number of likely N-dealkylation sites (tertiary alicyclic amines) is 1. The minimum Gasteiger partial charge on any atom is -0.357 e. The minimum atomic E-state index is -2.84. The molecule has 0 aromatic heterocycles. The van der Waals surface area contributed by atoms with Crippen molar-refractivity contribution in [3.05, 3.63) is 0 Å². The Balaban J connectivity index is 1.64. The molecule has 25 heavy (non-hydrogen) atoms. The third-order valence-corrected chi connectivity index (χ3v) is 7.32. The Labute approximate surface area is 151 Å². The summed E-state index contributed by atoms with van der Waals surface area (Å²) in [4.78, 5) is 7.03. The van der Waals surface area contributed by atoms with E-state index in [9.17, 15) is 8.42 Å². The Morgan fingerprint density at radius 2 is 2.08 bits per heavy atom. The van der Waals surface area contributed by atoms with Crippen molar-refractivity contribution < 1.29 is 17.9 Å². The molecular formula is C17H31N3O4S. The molecule has 3 aliphatic rings. The molecule has 8 heteroatoms. The number of guanidine groups is 1. The van der Waals surface area contributed by atoms with Gasteiger partial charge in [-0.1, -0.05) is 0 Å². The summed E-state index contributed by atoms with van der Waals surface area (Å²) in [7, 11) is -2.84. The quantitative estimate of drug-likeness (QED) is 0.582. The van der Waals surface area contributed by atoms with Crippen LogP contribution in [0.25, 0.3) is 0 Å². The lowest BCUT2D eigenvalue weighted by Gasteiger charge is -2.41. The van der Waals surface area contributed by atoms with Crippen LogP contribution in [0.5, 0.6) is 0 Å². The van der Waals surface area contributed by atoms with Crippen LogP contribution in [0.4, 0.5) is 0 Å². The van der Waals surface area contributed by atoms with Gasteiger partial charge in [-0.25, -0.2) is 8.42 Å². The molecule has 3 rings (SSSR count). The molecule has 3 heterocycles. The van der Waals surface area contributed by atoms with Gasteiger partial charge in [-0.05, 0) is 39.0 Å². The summed E-state index contributed by atoms with van der Waals surface area (Å²) in [6, 6.07) is 0. The van der Waals surface area contributed by atoms with E-state index in [2.05, 4.69) is 17.1 Å². The lowest BCUT2D eigenvalue weighted by molar-refractivity contribution is -0.189. The largest absolute Gasteiger partial charge is 0.357 e. The predicted molar refractivity (Wildman–Crippen MR) is 97.3 cm³/mol.